The fourth-order valence-electron chi connectivity index (χ4n) is 3.55. The predicted molar refractivity (Wildman–Crippen MR) is 120 cm³/mol. The van der Waals surface area contributed by atoms with Gasteiger partial charge in [-0.05, 0) is 36.2 Å². The largest absolute Gasteiger partial charge is 0.497 e. The second-order valence-corrected chi connectivity index (χ2v) is 7.17. The van der Waals surface area contributed by atoms with Crippen molar-refractivity contribution in [2.24, 2.45) is 0 Å². The second-order valence-electron chi connectivity index (χ2n) is 7.17. The summed E-state index contributed by atoms with van der Waals surface area (Å²) >= 11 is 0. The molecule has 0 fully saturated rings. The number of anilines is 1. The first-order valence-electron chi connectivity index (χ1n) is 10.1. The molecule has 2 heterocycles. The number of benzene rings is 2. The highest BCUT2D eigenvalue weighted by Crippen LogP contribution is 2.28. The first kappa shape index (κ1) is 20.6. The summed E-state index contributed by atoms with van der Waals surface area (Å²) in [5.41, 5.74) is 10.3. The maximum atomic E-state index is 13.1. The Kier molecular flexibility index (Phi) is 5.99. The van der Waals surface area contributed by atoms with Crippen molar-refractivity contribution in [1.29, 1.82) is 0 Å². The smallest absolute Gasteiger partial charge is 0.257 e. The summed E-state index contributed by atoms with van der Waals surface area (Å²) in [4.78, 5) is 22.6. The monoisotopic (exact) mass is 419 g/mol. The molecule has 3 N–H and O–H groups in total. The summed E-state index contributed by atoms with van der Waals surface area (Å²) in [5, 5.41) is 2.95. The first-order valence-corrected chi connectivity index (χ1v) is 10.1. The number of carbonyl (C=O) groups is 1. The number of fused-ring (bicyclic) bond motifs is 2. The van der Waals surface area contributed by atoms with Crippen LogP contribution < -0.4 is 15.8 Å². The van der Waals surface area contributed by atoms with Crippen LogP contribution in [0.4, 0.5) is 5.82 Å². The van der Waals surface area contributed by atoms with Crippen LogP contribution >= 0.6 is 0 Å². The van der Waals surface area contributed by atoms with Crippen LogP contribution in [0, 0.1) is 0 Å². The molecule has 0 aliphatic rings. The number of hydrogen-bond donors (Lipinski definition) is 2. The van der Waals surface area contributed by atoms with Crippen molar-refractivity contribution in [2.45, 2.75) is 19.5 Å². The van der Waals surface area contributed by atoms with Gasteiger partial charge in [-0.3, -0.25) is 4.79 Å². The third-order valence-corrected chi connectivity index (χ3v) is 5.16. The van der Waals surface area contributed by atoms with Crippen molar-refractivity contribution >= 4 is 33.9 Å². The predicted octanol–water partition coefficient (Wildman–Crippen LogP) is 3.14. The van der Waals surface area contributed by atoms with Crippen molar-refractivity contribution in [2.75, 3.05) is 26.6 Å². The van der Waals surface area contributed by atoms with Gasteiger partial charge in [0.15, 0.2) is 5.65 Å². The third kappa shape index (κ3) is 4.15. The summed E-state index contributed by atoms with van der Waals surface area (Å²) in [6, 6.07) is 15.1. The molecule has 4 aromatic rings. The van der Waals surface area contributed by atoms with Crippen LogP contribution in [0.1, 0.15) is 22.3 Å². The second kappa shape index (κ2) is 9.01. The number of para-hydroxylation sites is 2. The molecule has 2 aromatic heterocycles. The number of nitrogens with two attached hydrogens (primary N) is 1. The SMILES string of the molecule is COCCCn1c(N)c(C(=O)NCc2ccc(OC)cc2)c2nc3ccccc3nc21. The summed E-state index contributed by atoms with van der Waals surface area (Å²) in [5.74, 6) is 0.836. The zero-order chi connectivity index (χ0) is 21.8. The van der Waals surface area contributed by atoms with Gasteiger partial charge < -0.3 is 25.1 Å². The zero-order valence-corrected chi connectivity index (χ0v) is 17.6. The Hall–Kier alpha value is -3.65. The Morgan fingerprint density at radius 1 is 1.06 bits per heavy atom. The fourth-order valence-corrected chi connectivity index (χ4v) is 3.55. The zero-order valence-electron chi connectivity index (χ0n) is 17.6. The van der Waals surface area contributed by atoms with Crippen LogP contribution in [0.2, 0.25) is 0 Å². The molecule has 8 nitrogen and oxygen atoms in total. The maximum absolute atomic E-state index is 13.1. The van der Waals surface area contributed by atoms with E-state index < -0.39 is 0 Å². The minimum atomic E-state index is -0.284. The number of nitrogen functional groups attached to an aromatic ring is 1. The number of hydrogen-bond acceptors (Lipinski definition) is 6. The third-order valence-electron chi connectivity index (χ3n) is 5.16. The number of amides is 1. The molecule has 160 valence electrons. The van der Waals surface area contributed by atoms with Crippen LogP contribution in [-0.4, -0.2) is 41.3 Å². The number of nitrogens with zero attached hydrogens (tertiary/aromatic N) is 3. The van der Waals surface area contributed by atoms with Crippen molar-refractivity contribution in [1.82, 2.24) is 19.9 Å². The summed E-state index contributed by atoms with van der Waals surface area (Å²) in [6.07, 6.45) is 0.742. The van der Waals surface area contributed by atoms with Crippen LogP contribution in [0.25, 0.3) is 22.2 Å². The molecule has 0 aliphatic carbocycles. The Bertz CT molecular complexity index is 1220. The quantitative estimate of drug-likeness (QED) is 0.425. The number of carbonyl (C=O) groups excluding carboxylic acids is 1. The number of aryl methyl sites for hydroxylation is 1. The summed E-state index contributed by atoms with van der Waals surface area (Å²) in [6.45, 7) is 1.52. The number of methoxy groups -OCH3 is 2. The minimum Gasteiger partial charge on any atom is -0.497 e. The molecule has 0 saturated heterocycles. The van der Waals surface area contributed by atoms with Crippen molar-refractivity contribution in [3.8, 4) is 5.75 Å². The molecule has 0 aliphatic heterocycles. The molecule has 31 heavy (non-hydrogen) atoms. The molecule has 0 spiro atoms. The maximum Gasteiger partial charge on any atom is 0.257 e. The van der Waals surface area contributed by atoms with E-state index in [1.807, 2.05) is 53.1 Å². The molecule has 0 bridgehead atoms. The van der Waals surface area contributed by atoms with E-state index in [-0.39, 0.29) is 5.91 Å². The normalized spacial score (nSPS) is 11.2. The van der Waals surface area contributed by atoms with Crippen LogP contribution in [0.3, 0.4) is 0 Å². The average Bonchev–Trinajstić information content (AvgIpc) is 3.07. The van der Waals surface area contributed by atoms with Gasteiger partial charge in [0.25, 0.3) is 5.91 Å². The van der Waals surface area contributed by atoms with E-state index >= 15 is 0 Å². The number of aromatic nitrogens is 3. The lowest BCUT2D eigenvalue weighted by atomic mass is 10.2. The van der Waals surface area contributed by atoms with Crippen LogP contribution in [-0.2, 0) is 17.8 Å². The van der Waals surface area contributed by atoms with E-state index in [1.165, 1.54) is 0 Å². The molecule has 1 amide bonds. The fraction of sp³-hybridized carbons (Fsp3) is 0.261. The molecule has 4 rings (SSSR count). The lowest BCUT2D eigenvalue weighted by Gasteiger charge is -2.08. The molecule has 0 radical (unpaired) electrons. The van der Waals surface area contributed by atoms with Gasteiger partial charge in [-0.2, -0.15) is 0 Å². The van der Waals surface area contributed by atoms with Crippen molar-refractivity contribution < 1.29 is 14.3 Å². The topological polar surface area (TPSA) is 104 Å². The van der Waals surface area contributed by atoms with Gasteiger partial charge in [-0.25, -0.2) is 9.97 Å². The Labute approximate surface area is 180 Å². The highest BCUT2D eigenvalue weighted by Gasteiger charge is 2.23. The van der Waals surface area contributed by atoms with E-state index in [4.69, 9.17) is 25.2 Å². The Morgan fingerprint density at radius 3 is 2.45 bits per heavy atom. The van der Waals surface area contributed by atoms with Crippen LogP contribution in [0.5, 0.6) is 5.75 Å². The lowest BCUT2D eigenvalue weighted by Crippen LogP contribution is -2.24. The number of nitrogens with one attached hydrogen (secondary N) is 1. The van der Waals surface area contributed by atoms with E-state index in [9.17, 15) is 4.79 Å². The Morgan fingerprint density at radius 2 is 1.77 bits per heavy atom. The van der Waals surface area contributed by atoms with Gasteiger partial charge in [0.1, 0.15) is 22.6 Å². The van der Waals surface area contributed by atoms with E-state index in [1.54, 1.807) is 14.2 Å². The van der Waals surface area contributed by atoms with E-state index in [0.29, 0.717) is 47.8 Å². The molecule has 0 saturated carbocycles. The standard InChI is InChI=1S/C23H25N5O3/c1-30-13-5-12-28-21(24)19(20-22(28)27-18-7-4-3-6-17(18)26-20)23(29)25-14-15-8-10-16(31-2)11-9-15/h3-4,6-11H,5,12-14,24H2,1-2H3,(H,25,29). The van der Waals surface area contributed by atoms with Crippen molar-refractivity contribution in [3.63, 3.8) is 0 Å². The molecular weight excluding hydrogens is 394 g/mol. The average molecular weight is 419 g/mol. The van der Waals surface area contributed by atoms with Gasteiger partial charge in [-0.15, -0.1) is 0 Å². The number of ether oxygens (including phenoxy) is 2. The van der Waals surface area contributed by atoms with Gasteiger partial charge in [-0.1, -0.05) is 24.3 Å². The van der Waals surface area contributed by atoms with Crippen molar-refractivity contribution in [3.05, 3.63) is 59.7 Å². The van der Waals surface area contributed by atoms with Gasteiger partial charge >= 0.3 is 0 Å². The summed E-state index contributed by atoms with van der Waals surface area (Å²) < 4.78 is 12.2. The molecule has 0 atom stereocenters. The van der Waals surface area contributed by atoms with Gasteiger partial charge in [0, 0.05) is 26.8 Å². The molecule has 8 heteroatoms. The lowest BCUT2D eigenvalue weighted by molar-refractivity contribution is 0.0953. The Balaban J connectivity index is 1.69. The van der Waals surface area contributed by atoms with Gasteiger partial charge in [0.2, 0.25) is 0 Å². The molecule has 0 unspecified atom stereocenters. The van der Waals surface area contributed by atoms with Crippen LogP contribution in [0.15, 0.2) is 48.5 Å². The first-order chi connectivity index (χ1) is 15.1. The van der Waals surface area contributed by atoms with E-state index in [0.717, 1.165) is 23.3 Å². The van der Waals surface area contributed by atoms with E-state index in [2.05, 4.69) is 5.32 Å². The van der Waals surface area contributed by atoms with Gasteiger partial charge in [0.05, 0.1) is 18.1 Å². The minimum absolute atomic E-state index is 0.284. The highest BCUT2D eigenvalue weighted by atomic mass is 16.5. The number of rotatable bonds is 8. The summed E-state index contributed by atoms with van der Waals surface area (Å²) in [7, 11) is 3.27. The highest BCUT2D eigenvalue weighted by molar-refractivity contribution is 6.10. The molecule has 2 aromatic carbocycles. The molecular formula is C23H25N5O3.